The molecule has 3 aromatic rings. The zero-order valence-corrected chi connectivity index (χ0v) is 14.7. The first-order valence-electron chi connectivity index (χ1n) is 8.27. The molecule has 1 aromatic heterocycles. The van der Waals surface area contributed by atoms with Crippen molar-refractivity contribution in [1.29, 1.82) is 0 Å². The van der Waals surface area contributed by atoms with E-state index in [2.05, 4.69) is 5.32 Å². The lowest BCUT2D eigenvalue weighted by atomic mass is 10.1. The van der Waals surface area contributed by atoms with Crippen LogP contribution in [0.1, 0.15) is 23.0 Å². The maximum Gasteiger partial charge on any atom is 0.296 e. The van der Waals surface area contributed by atoms with Crippen molar-refractivity contribution in [2.24, 2.45) is 0 Å². The van der Waals surface area contributed by atoms with Gasteiger partial charge in [-0.15, -0.1) is 0 Å². The summed E-state index contributed by atoms with van der Waals surface area (Å²) in [6, 6.07) is 8.37. The van der Waals surface area contributed by atoms with Crippen molar-refractivity contribution in [1.82, 2.24) is 0 Å². The number of furan rings is 1. The molecule has 0 bridgehead atoms. The van der Waals surface area contributed by atoms with Gasteiger partial charge in [0, 0.05) is 10.9 Å². The van der Waals surface area contributed by atoms with Gasteiger partial charge in [-0.2, -0.15) is 0 Å². The van der Waals surface area contributed by atoms with E-state index in [9.17, 15) is 19.3 Å². The minimum absolute atomic E-state index is 0.0942. The Balaban J connectivity index is 1.82. The van der Waals surface area contributed by atoms with Crippen LogP contribution >= 0.6 is 0 Å². The number of nitro benzene ring substituents is 1. The number of hydrogen-bond donors (Lipinski definition) is 1. The van der Waals surface area contributed by atoms with Crippen LogP contribution in [-0.4, -0.2) is 23.9 Å². The van der Waals surface area contributed by atoms with E-state index in [1.54, 1.807) is 19.9 Å². The van der Waals surface area contributed by atoms with Crippen LogP contribution in [0.3, 0.4) is 0 Å². The van der Waals surface area contributed by atoms with Gasteiger partial charge in [0.2, 0.25) is 5.78 Å². The highest BCUT2D eigenvalue weighted by atomic mass is 19.1. The van der Waals surface area contributed by atoms with Crippen LogP contribution in [-0.2, 0) is 0 Å². The number of ether oxygens (including phenoxy) is 1. The molecule has 0 spiro atoms. The molecule has 0 atom stereocenters. The summed E-state index contributed by atoms with van der Waals surface area (Å²) in [5.41, 5.74) is 0.926. The van der Waals surface area contributed by atoms with Crippen LogP contribution in [0.25, 0.3) is 11.0 Å². The number of ketones is 1. The molecule has 140 valence electrons. The standard InChI is InChI=1S/C19H17FN2O5/c1-3-26-13-5-6-15(16(9-13)22(24)25)21-10-17(23)19-11(2)14-8-12(20)4-7-18(14)27-19/h4-9,21H,3,10H2,1-2H3. The molecule has 0 saturated heterocycles. The third-order valence-corrected chi connectivity index (χ3v) is 4.07. The van der Waals surface area contributed by atoms with E-state index in [0.717, 1.165) is 0 Å². The van der Waals surface area contributed by atoms with Crippen molar-refractivity contribution in [3.8, 4) is 5.75 Å². The van der Waals surface area contributed by atoms with Gasteiger partial charge in [-0.1, -0.05) is 0 Å². The second-order valence-corrected chi connectivity index (χ2v) is 5.84. The number of nitrogens with one attached hydrogen (secondary N) is 1. The van der Waals surface area contributed by atoms with Gasteiger partial charge in [0.25, 0.3) is 5.69 Å². The molecule has 0 unspecified atom stereocenters. The highest BCUT2D eigenvalue weighted by Crippen LogP contribution is 2.30. The highest BCUT2D eigenvalue weighted by molar-refractivity contribution is 6.02. The Hall–Kier alpha value is -3.42. The van der Waals surface area contributed by atoms with E-state index in [4.69, 9.17) is 9.15 Å². The van der Waals surface area contributed by atoms with Crippen molar-refractivity contribution >= 4 is 28.1 Å². The molecule has 27 heavy (non-hydrogen) atoms. The Bertz CT molecular complexity index is 1030. The van der Waals surface area contributed by atoms with Crippen molar-refractivity contribution < 1.29 is 23.3 Å². The zero-order valence-electron chi connectivity index (χ0n) is 14.7. The molecule has 0 aliphatic rings. The predicted molar refractivity (Wildman–Crippen MR) is 98.0 cm³/mol. The van der Waals surface area contributed by atoms with Crippen LogP contribution in [0.15, 0.2) is 40.8 Å². The molecule has 0 saturated carbocycles. The molecule has 3 rings (SSSR count). The normalized spacial score (nSPS) is 10.8. The maximum absolute atomic E-state index is 13.4. The largest absolute Gasteiger partial charge is 0.494 e. The summed E-state index contributed by atoms with van der Waals surface area (Å²) >= 11 is 0. The number of carbonyl (C=O) groups excluding carboxylic acids is 1. The summed E-state index contributed by atoms with van der Waals surface area (Å²) in [6.45, 7) is 3.61. The fourth-order valence-corrected chi connectivity index (χ4v) is 2.78. The highest BCUT2D eigenvalue weighted by Gasteiger charge is 2.20. The summed E-state index contributed by atoms with van der Waals surface area (Å²) in [5, 5.41) is 14.6. The maximum atomic E-state index is 13.4. The van der Waals surface area contributed by atoms with Gasteiger partial charge in [-0.05, 0) is 44.2 Å². The number of halogens is 1. The second-order valence-electron chi connectivity index (χ2n) is 5.84. The number of aryl methyl sites for hydroxylation is 1. The monoisotopic (exact) mass is 372 g/mol. The number of anilines is 1. The molecule has 2 aromatic carbocycles. The smallest absolute Gasteiger partial charge is 0.296 e. The lowest BCUT2D eigenvalue weighted by Crippen LogP contribution is -2.15. The van der Waals surface area contributed by atoms with E-state index in [0.29, 0.717) is 28.9 Å². The van der Waals surface area contributed by atoms with Crippen LogP contribution in [0, 0.1) is 22.9 Å². The third kappa shape index (κ3) is 3.74. The van der Waals surface area contributed by atoms with Gasteiger partial charge < -0.3 is 14.5 Å². The van der Waals surface area contributed by atoms with Gasteiger partial charge in [-0.25, -0.2) is 4.39 Å². The fraction of sp³-hybridized carbons (Fsp3) is 0.211. The summed E-state index contributed by atoms with van der Waals surface area (Å²) in [6.07, 6.45) is 0. The Morgan fingerprint density at radius 3 is 2.78 bits per heavy atom. The van der Waals surface area contributed by atoms with Crippen LogP contribution < -0.4 is 10.1 Å². The van der Waals surface area contributed by atoms with Gasteiger partial charge >= 0.3 is 0 Å². The first kappa shape index (κ1) is 18.4. The van der Waals surface area contributed by atoms with Crippen molar-refractivity contribution in [3.05, 3.63) is 63.7 Å². The number of nitro groups is 1. The Kier molecular flexibility index (Phi) is 5.07. The van der Waals surface area contributed by atoms with E-state index < -0.39 is 16.5 Å². The van der Waals surface area contributed by atoms with Gasteiger partial charge in [0.1, 0.15) is 22.8 Å². The SMILES string of the molecule is CCOc1ccc(NCC(=O)c2oc3ccc(F)cc3c2C)c([N+](=O)[O-])c1. The number of benzene rings is 2. The van der Waals surface area contributed by atoms with E-state index in [-0.39, 0.29) is 23.7 Å². The number of Topliss-reactive ketones (excluding diaryl/α,β-unsaturated/α-hetero) is 1. The van der Waals surface area contributed by atoms with Crippen LogP contribution in [0.2, 0.25) is 0 Å². The lowest BCUT2D eigenvalue weighted by molar-refractivity contribution is -0.384. The summed E-state index contributed by atoms with van der Waals surface area (Å²) < 4.78 is 24.2. The summed E-state index contributed by atoms with van der Waals surface area (Å²) in [7, 11) is 0. The Morgan fingerprint density at radius 2 is 2.07 bits per heavy atom. The molecular formula is C19H17FN2O5. The number of nitrogens with zero attached hydrogens (tertiary/aromatic N) is 1. The summed E-state index contributed by atoms with van der Waals surface area (Å²) in [4.78, 5) is 23.2. The minimum Gasteiger partial charge on any atom is -0.494 e. The average Bonchev–Trinajstić information content (AvgIpc) is 2.97. The van der Waals surface area contributed by atoms with E-state index in [1.807, 2.05) is 0 Å². The molecule has 0 amide bonds. The fourth-order valence-electron chi connectivity index (χ4n) is 2.78. The third-order valence-electron chi connectivity index (χ3n) is 4.07. The van der Waals surface area contributed by atoms with Gasteiger partial charge in [0.15, 0.2) is 5.76 Å². The molecule has 1 N–H and O–H groups in total. The zero-order chi connectivity index (χ0) is 19.6. The van der Waals surface area contributed by atoms with Gasteiger partial charge in [0.05, 0.1) is 24.1 Å². The van der Waals surface area contributed by atoms with Gasteiger partial charge in [-0.3, -0.25) is 14.9 Å². The molecule has 0 radical (unpaired) electrons. The lowest BCUT2D eigenvalue weighted by Gasteiger charge is -2.08. The summed E-state index contributed by atoms with van der Waals surface area (Å²) in [5.74, 6) is -0.353. The quantitative estimate of drug-likeness (QED) is 0.373. The number of carbonyl (C=O) groups is 1. The van der Waals surface area contributed by atoms with E-state index in [1.165, 1.54) is 30.3 Å². The average molecular weight is 372 g/mol. The molecule has 0 aliphatic carbocycles. The van der Waals surface area contributed by atoms with Crippen molar-refractivity contribution in [3.63, 3.8) is 0 Å². The van der Waals surface area contributed by atoms with E-state index >= 15 is 0 Å². The minimum atomic E-state index is -0.551. The Labute approximate surface area is 153 Å². The predicted octanol–water partition coefficient (Wildman–Crippen LogP) is 4.48. The second kappa shape index (κ2) is 7.45. The number of fused-ring (bicyclic) bond motifs is 1. The first-order valence-corrected chi connectivity index (χ1v) is 8.27. The first-order chi connectivity index (χ1) is 12.9. The molecule has 7 nitrogen and oxygen atoms in total. The van der Waals surface area contributed by atoms with Crippen molar-refractivity contribution in [2.45, 2.75) is 13.8 Å². The number of rotatable bonds is 7. The molecule has 0 aliphatic heterocycles. The van der Waals surface area contributed by atoms with Crippen LogP contribution in [0.5, 0.6) is 5.75 Å². The van der Waals surface area contributed by atoms with Crippen molar-refractivity contribution in [2.75, 3.05) is 18.5 Å². The Morgan fingerprint density at radius 1 is 1.30 bits per heavy atom. The molecule has 0 fully saturated rings. The molecule has 1 heterocycles. The molecular weight excluding hydrogens is 355 g/mol. The number of hydrogen-bond acceptors (Lipinski definition) is 6. The molecule has 8 heteroatoms. The topological polar surface area (TPSA) is 94.6 Å². The van der Waals surface area contributed by atoms with Crippen LogP contribution in [0.4, 0.5) is 15.8 Å².